The molecule has 1 aromatic carbocycles. The first-order valence-electron chi connectivity index (χ1n) is 6.16. The van der Waals surface area contributed by atoms with Crippen molar-refractivity contribution in [2.45, 2.75) is 13.0 Å². The minimum atomic E-state index is -0.508. The lowest BCUT2D eigenvalue weighted by molar-refractivity contribution is 0.0601. The van der Waals surface area contributed by atoms with Crippen molar-refractivity contribution < 1.29 is 13.9 Å². The monoisotopic (exact) mass is 274 g/mol. The molecule has 5 heteroatoms. The molecule has 0 amide bonds. The minimum absolute atomic E-state index is 0.117. The molecular weight excluding hydrogens is 259 g/mol. The Labute approximate surface area is 116 Å². The Balaban J connectivity index is 2.28. The van der Waals surface area contributed by atoms with Gasteiger partial charge in [-0.05, 0) is 36.8 Å². The van der Waals surface area contributed by atoms with E-state index in [0.29, 0.717) is 11.3 Å². The van der Waals surface area contributed by atoms with Gasteiger partial charge in [0.2, 0.25) is 0 Å². The van der Waals surface area contributed by atoms with Crippen LogP contribution < -0.4 is 5.32 Å². The van der Waals surface area contributed by atoms with Crippen molar-refractivity contribution >= 4 is 11.7 Å². The summed E-state index contributed by atoms with van der Waals surface area (Å²) < 4.78 is 18.1. The maximum atomic E-state index is 13.4. The highest BCUT2D eigenvalue weighted by molar-refractivity contribution is 5.95. The van der Waals surface area contributed by atoms with Crippen molar-refractivity contribution in [3.05, 3.63) is 59.7 Å². The second-order valence-electron chi connectivity index (χ2n) is 4.33. The lowest BCUT2D eigenvalue weighted by atomic mass is 10.1. The van der Waals surface area contributed by atoms with Gasteiger partial charge in [-0.25, -0.2) is 9.18 Å². The standard InChI is InChI=1S/C15H15FN2O2/c1-10(11-4-3-7-17-9-11)18-14-8-12(16)5-6-13(14)15(19)20-2/h3-10,18H,1-2H3. The zero-order valence-electron chi connectivity index (χ0n) is 11.3. The number of methoxy groups -OCH3 is 1. The molecule has 1 atom stereocenters. The van der Waals surface area contributed by atoms with Gasteiger partial charge in [0.25, 0.3) is 0 Å². The molecule has 0 saturated heterocycles. The third-order valence-corrected chi connectivity index (χ3v) is 2.94. The van der Waals surface area contributed by atoms with Gasteiger partial charge in [-0.1, -0.05) is 6.07 Å². The maximum absolute atomic E-state index is 13.4. The van der Waals surface area contributed by atoms with Crippen LogP contribution in [0, 0.1) is 5.82 Å². The van der Waals surface area contributed by atoms with E-state index < -0.39 is 11.8 Å². The van der Waals surface area contributed by atoms with Crippen LogP contribution in [0.25, 0.3) is 0 Å². The van der Waals surface area contributed by atoms with Gasteiger partial charge in [-0.2, -0.15) is 0 Å². The molecule has 2 rings (SSSR count). The zero-order chi connectivity index (χ0) is 14.5. The van der Waals surface area contributed by atoms with Gasteiger partial charge in [0.05, 0.1) is 24.4 Å². The van der Waals surface area contributed by atoms with Crippen LogP contribution in [0.15, 0.2) is 42.7 Å². The number of hydrogen-bond donors (Lipinski definition) is 1. The summed E-state index contributed by atoms with van der Waals surface area (Å²) in [6.45, 7) is 1.91. The van der Waals surface area contributed by atoms with Gasteiger partial charge < -0.3 is 10.1 Å². The quantitative estimate of drug-likeness (QED) is 0.870. The summed E-state index contributed by atoms with van der Waals surface area (Å²) in [6, 6.07) is 7.52. The van der Waals surface area contributed by atoms with Gasteiger partial charge in [0, 0.05) is 12.4 Å². The van der Waals surface area contributed by atoms with Crippen molar-refractivity contribution in [3.8, 4) is 0 Å². The average molecular weight is 274 g/mol. The van der Waals surface area contributed by atoms with E-state index in [1.807, 2.05) is 19.1 Å². The van der Waals surface area contributed by atoms with Crippen LogP contribution in [0.3, 0.4) is 0 Å². The molecule has 1 unspecified atom stereocenters. The minimum Gasteiger partial charge on any atom is -0.465 e. The largest absolute Gasteiger partial charge is 0.465 e. The predicted molar refractivity (Wildman–Crippen MR) is 74.0 cm³/mol. The number of halogens is 1. The van der Waals surface area contributed by atoms with Crippen molar-refractivity contribution in [2.24, 2.45) is 0 Å². The number of esters is 1. The first-order valence-corrected chi connectivity index (χ1v) is 6.16. The van der Waals surface area contributed by atoms with Crippen molar-refractivity contribution in [1.82, 2.24) is 4.98 Å². The fraction of sp³-hybridized carbons (Fsp3) is 0.200. The molecule has 0 fully saturated rings. The molecule has 20 heavy (non-hydrogen) atoms. The highest BCUT2D eigenvalue weighted by atomic mass is 19.1. The van der Waals surface area contributed by atoms with Crippen molar-refractivity contribution in [3.63, 3.8) is 0 Å². The summed E-state index contributed by atoms with van der Waals surface area (Å²) in [7, 11) is 1.29. The number of rotatable bonds is 4. The van der Waals surface area contributed by atoms with E-state index in [1.165, 1.54) is 25.3 Å². The van der Waals surface area contributed by atoms with Crippen LogP contribution >= 0.6 is 0 Å². The molecule has 1 aromatic heterocycles. The summed E-state index contributed by atoms with van der Waals surface area (Å²) in [4.78, 5) is 15.7. The topological polar surface area (TPSA) is 51.2 Å². The molecule has 104 valence electrons. The summed E-state index contributed by atoms with van der Waals surface area (Å²) in [5.74, 6) is -0.926. The normalized spacial score (nSPS) is 11.8. The fourth-order valence-corrected chi connectivity index (χ4v) is 1.87. The predicted octanol–water partition coefficient (Wildman–Crippen LogP) is 3.18. The molecule has 0 aliphatic rings. The molecular formula is C15H15FN2O2. The Morgan fingerprint density at radius 1 is 1.40 bits per heavy atom. The van der Waals surface area contributed by atoms with Crippen LogP contribution in [-0.4, -0.2) is 18.1 Å². The van der Waals surface area contributed by atoms with Gasteiger partial charge in [0.1, 0.15) is 5.82 Å². The van der Waals surface area contributed by atoms with Crippen molar-refractivity contribution in [1.29, 1.82) is 0 Å². The number of nitrogens with zero attached hydrogens (tertiary/aromatic N) is 1. The van der Waals surface area contributed by atoms with Crippen LogP contribution in [-0.2, 0) is 4.74 Å². The number of carbonyl (C=O) groups excluding carboxylic acids is 1. The highest BCUT2D eigenvalue weighted by Crippen LogP contribution is 2.23. The molecule has 0 aliphatic carbocycles. The van der Waals surface area contributed by atoms with E-state index in [2.05, 4.69) is 10.3 Å². The van der Waals surface area contributed by atoms with Gasteiger partial charge in [-0.3, -0.25) is 4.98 Å². The number of nitrogens with one attached hydrogen (secondary N) is 1. The van der Waals surface area contributed by atoms with Crippen molar-refractivity contribution in [2.75, 3.05) is 12.4 Å². The van der Waals surface area contributed by atoms with Gasteiger partial charge in [-0.15, -0.1) is 0 Å². The Hall–Kier alpha value is -2.43. The van der Waals surface area contributed by atoms with Crippen LogP contribution in [0.4, 0.5) is 10.1 Å². The Morgan fingerprint density at radius 3 is 2.85 bits per heavy atom. The third-order valence-electron chi connectivity index (χ3n) is 2.94. The molecule has 0 saturated carbocycles. The number of benzene rings is 1. The molecule has 0 aliphatic heterocycles. The summed E-state index contributed by atoms with van der Waals surface area (Å²) in [6.07, 6.45) is 3.40. The molecule has 1 N–H and O–H groups in total. The fourth-order valence-electron chi connectivity index (χ4n) is 1.87. The Kier molecular flexibility index (Phi) is 4.30. The van der Waals surface area contributed by atoms with Crippen LogP contribution in [0.5, 0.6) is 0 Å². The molecule has 4 nitrogen and oxygen atoms in total. The molecule has 0 bridgehead atoms. The number of ether oxygens (including phenoxy) is 1. The first-order chi connectivity index (χ1) is 9.61. The van der Waals surface area contributed by atoms with E-state index in [0.717, 1.165) is 5.56 Å². The Bertz CT molecular complexity index is 602. The summed E-state index contributed by atoms with van der Waals surface area (Å²) >= 11 is 0. The van der Waals surface area contributed by atoms with E-state index in [1.54, 1.807) is 12.4 Å². The van der Waals surface area contributed by atoms with E-state index >= 15 is 0 Å². The zero-order valence-corrected chi connectivity index (χ0v) is 11.3. The number of hydrogen-bond acceptors (Lipinski definition) is 4. The summed E-state index contributed by atoms with van der Waals surface area (Å²) in [5, 5.41) is 3.10. The second-order valence-corrected chi connectivity index (χ2v) is 4.33. The molecule has 0 radical (unpaired) electrons. The van der Waals surface area contributed by atoms with E-state index in [9.17, 15) is 9.18 Å². The van der Waals surface area contributed by atoms with Gasteiger partial charge in [0.15, 0.2) is 0 Å². The van der Waals surface area contributed by atoms with E-state index in [4.69, 9.17) is 4.74 Å². The van der Waals surface area contributed by atoms with E-state index in [-0.39, 0.29) is 6.04 Å². The van der Waals surface area contributed by atoms with Gasteiger partial charge >= 0.3 is 5.97 Å². The number of aromatic nitrogens is 1. The molecule has 0 spiro atoms. The third kappa shape index (κ3) is 3.12. The average Bonchev–Trinajstić information content (AvgIpc) is 2.47. The summed E-state index contributed by atoms with van der Waals surface area (Å²) in [5.41, 5.74) is 1.63. The molecule has 1 heterocycles. The number of carbonyl (C=O) groups is 1. The maximum Gasteiger partial charge on any atom is 0.339 e. The van der Waals surface area contributed by atoms with Crippen LogP contribution in [0.1, 0.15) is 28.9 Å². The lowest BCUT2D eigenvalue weighted by Crippen LogP contribution is -2.12. The first kappa shape index (κ1) is 14.0. The number of anilines is 1. The number of pyridine rings is 1. The molecule has 2 aromatic rings. The Morgan fingerprint density at radius 2 is 2.20 bits per heavy atom. The lowest BCUT2D eigenvalue weighted by Gasteiger charge is -2.17. The second kappa shape index (κ2) is 6.14. The SMILES string of the molecule is COC(=O)c1ccc(F)cc1NC(C)c1cccnc1. The van der Waals surface area contributed by atoms with Crippen LogP contribution in [0.2, 0.25) is 0 Å². The highest BCUT2D eigenvalue weighted by Gasteiger charge is 2.15. The smallest absolute Gasteiger partial charge is 0.339 e.